The van der Waals surface area contributed by atoms with E-state index in [0.29, 0.717) is 0 Å². The number of aromatic nitrogens is 2. The molecule has 3 nitrogen and oxygen atoms in total. The molecule has 74 valence electrons. The Morgan fingerprint density at radius 2 is 2.00 bits per heavy atom. The van der Waals surface area contributed by atoms with Gasteiger partial charge in [-0.25, -0.2) is 0 Å². The van der Waals surface area contributed by atoms with Crippen molar-refractivity contribution in [1.82, 2.24) is 10.2 Å². The van der Waals surface area contributed by atoms with Gasteiger partial charge in [0.15, 0.2) is 0 Å². The Bertz CT molecular complexity index is 366. The highest BCUT2D eigenvalue weighted by atomic mass is 15.1. The average Bonchev–Trinajstić information content (AvgIpc) is 2.74. The van der Waals surface area contributed by atoms with Crippen molar-refractivity contribution in [3.05, 3.63) is 36.7 Å². The average molecular weight is 189 g/mol. The van der Waals surface area contributed by atoms with E-state index in [1.165, 1.54) is 0 Å². The molecule has 14 heavy (non-hydrogen) atoms. The molecular weight excluding hydrogens is 174 g/mol. The van der Waals surface area contributed by atoms with Gasteiger partial charge >= 0.3 is 0 Å². The van der Waals surface area contributed by atoms with Gasteiger partial charge in [0.2, 0.25) is 0 Å². The second-order valence-corrected chi connectivity index (χ2v) is 2.61. The molecule has 0 amide bonds. The van der Waals surface area contributed by atoms with Crippen molar-refractivity contribution in [2.75, 3.05) is 5.73 Å². The fourth-order valence-electron chi connectivity index (χ4n) is 1.13. The van der Waals surface area contributed by atoms with Gasteiger partial charge in [0.05, 0.1) is 6.20 Å². The normalized spacial score (nSPS) is 9.00. The van der Waals surface area contributed by atoms with Gasteiger partial charge in [-0.3, -0.25) is 5.10 Å². The first-order valence-corrected chi connectivity index (χ1v) is 4.71. The van der Waals surface area contributed by atoms with Crippen molar-refractivity contribution >= 4 is 5.69 Å². The molecule has 2 aromatic rings. The summed E-state index contributed by atoms with van der Waals surface area (Å²) in [6.45, 7) is 4.00. The van der Waals surface area contributed by atoms with Crippen LogP contribution in [0.15, 0.2) is 36.7 Å². The maximum absolute atomic E-state index is 5.63. The smallest absolute Gasteiger partial charge is 0.0565 e. The van der Waals surface area contributed by atoms with Crippen LogP contribution in [0.4, 0.5) is 5.69 Å². The van der Waals surface area contributed by atoms with Crippen LogP contribution >= 0.6 is 0 Å². The molecule has 1 aromatic carbocycles. The highest BCUT2D eigenvalue weighted by Crippen LogP contribution is 2.19. The van der Waals surface area contributed by atoms with Gasteiger partial charge in [0, 0.05) is 17.4 Å². The number of aromatic amines is 1. The van der Waals surface area contributed by atoms with Crippen LogP contribution in [0.1, 0.15) is 13.8 Å². The Balaban J connectivity index is 0.000000461. The first-order valence-electron chi connectivity index (χ1n) is 4.71. The number of rotatable bonds is 1. The van der Waals surface area contributed by atoms with Crippen LogP contribution in [0.2, 0.25) is 0 Å². The molecule has 0 aliphatic rings. The zero-order valence-electron chi connectivity index (χ0n) is 8.49. The lowest BCUT2D eigenvalue weighted by Crippen LogP contribution is -1.83. The van der Waals surface area contributed by atoms with E-state index in [2.05, 4.69) is 10.2 Å². The minimum absolute atomic E-state index is 0.772. The second kappa shape index (κ2) is 5.07. The zero-order chi connectivity index (χ0) is 10.4. The summed E-state index contributed by atoms with van der Waals surface area (Å²) in [5.74, 6) is 0. The van der Waals surface area contributed by atoms with Crippen LogP contribution in [-0.2, 0) is 0 Å². The van der Waals surface area contributed by atoms with Crippen LogP contribution in [-0.4, -0.2) is 10.2 Å². The summed E-state index contributed by atoms with van der Waals surface area (Å²) < 4.78 is 0. The van der Waals surface area contributed by atoms with Gasteiger partial charge in [-0.15, -0.1) is 0 Å². The molecule has 3 heteroatoms. The molecule has 0 aliphatic carbocycles. The van der Waals surface area contributed by atoms with E-state index < -0.39 is 0 Å². The quantitative estimate of drug-likeness (QED) is 0.677. The van der Waals surface area contributed by atoms with Crippen LogP contribution in [0.25, 0.3) is 11.1 Å². The van der Waals surface area contributed by atoms with Crippen molar-refractivity contribution in [2.24, 2.45) is 0 Å². The number of nitrogens with two attached hydrogens (primary N) is 1. The SMILES string of the molecule is CC.Nc1cccc(-c2cn[nH]c2)c1. The molecular formula is C11H15N3. The first-order chi connectivity index (χ1) is 6.86. The predicted molar refractivity (Wildman–Crippen MR) is 59.8 cm³/mol. The summed E-state index contributed by atoms with van der Waals surface area (Å²) in [6.07, 6.45) is 3.61. The highest BCUT2D eigenvalue weighted by Gasteiger charge is 1.97. The maximum Gasteiger partial charge on any atom is 0.0565 e. The summed E-state index contributed by atoms with van der Waals surface area (Å²) in [5.41, 5.74) is 8.55. The van der Waals surface area contributed by atoms with E-state index in [1.54, 1.807) is 6.20 Å². The molecule has 0 spiro atoms. The van der Waals surface area contributed by atoms with Gasteiger partial charge in [-0.2, -0.15) is 5.10 Å². The van der Waals surface area contributed by atoms with E-state index in [0.717, 1.165) is 16.8 Å². The minimum Gasteiger partial charge on any atom is -0.399 e. The molecule has 0 unspecified atom stereocenters. The number of anilines is 1. The molecule has 1 heterocycles. The van der Waals surface area contributed by atoms with Gasteiger partial charge in [0.1, 0.15) is 0 Å². The summed E-state index contributed by atoms with van der Waals surface area (Å²) >= 11 is 0. The third kappa shape index (κ3) is 2.36. The number of H-pyrrole nitrogens is 1. The molecule has 0 saturated carbocycles. The molecule has 0 fully saturated rings. The third-order valence-corrected chi connectivity index (χ3v) is 1.72. The third-order valence-electron chi connectivity index (χ3n) is 1.72. The lowest BCUT2D eigenvalue weighted by Gasteiger charge is -1.97. The summed E-state index contributed by atoms with van der Waals surface area (Å²) in [7, 11) is 0. The topological polar surface area (TPSA) is 54.7 Å². The van der Waals surface area contributed by atoms with Gasteiger partial charge in [0.25, 0.3) is 0 Å². The predicted octanol–water partition coefficient (Wildman–Crippen LogP) is 2.69. The van der Waals surface area contributed by atoms with Crippen LogP contribution in [0.3, 0.4) is 0 Å². The maximum atomic E-state index is 5.63. The molecule has 2 rings (SSSR count). The van der Waals surface area contributed by atoms with E-state index >= 15 is 0 Å². The van der Waals surface area contributed by atoms with Crippen LogP contribution in [0.5, 0.6) is 0 Å². The van der Waals surface area contributed by atoms with Crippen molar-refractivity contribution in [3.63, 3.8) is 0 Å². The van der Waals surface area contributed by atoms with Gasteiger partial charge < -0.3 is 5.73 Å². The van der Waals surface area contributed by atoms with Crippen molar-refractivity contribution in [1.29, 1.82) is 0 Å². The highest BCUT2D eigenvalue weighted by molar-refractivity contribution is 5.65. The molecule has 3 N–H and O–H groups in total. The zero-order valence-corrected chi connectivity index (χ0v) is 8.49. The minimum atomic E-state index is 0.772. The van der Waals surface area contributed by atoms with Crippen molar-refractivity contribution in [2.45, 2.75) is 13.8 Å². The number of nitrogens with one attached hydrogen (secondary N) is 1. The molecule has 0 saturated heterocycles. The molecule has 0 bridgehead atoms. The fourth-order valence-corrected chi connectivity index (χ4v) is 1.13. The van der Waals surface area contributed by atoms with E-state index in [9.17, 15) is 0 Å². The Morgan fingerprint density at radius 1 is 1.21 bits per heavy atom. The second-order valence-electron chi connectivity index (χ2n) is 2.61. The Morgan fingerprint density at radius 3 is 2.57 bits per heavy atom. The van der Waals surface area contributed by atoms with Crippen molar-refractivity contribution < 1.29 is 0 Å². The van der Waals surface area contributed by atoms with Crippen LogP contribution < -0.4 is 5.73 Å². The summed E-state index contributed by atoms with van der Waals surface area (Å²) in [5, 5.41) is 6.62. The monoisotopic (exact) mass is 189 g/mol. The summed E-state index contributed by atoms with van der Waals surface area (Å²) in [6, 6.07) is 7.72. The molecule has 1 aromatic heterocycles. The van der Waals surface area contributed by atoms with Crippen LogP contribution in [0, 0.1) is 0 Å². The first kappa shape index (κ1) is 10.3. The number of hydrogen-bond donors (Lipinski definition) is 2. The number of hydrogen-bond acceptors (Lipinski definition) is 2. The van der Waals surface area contributed by atoms with E-state index in [4.69, 9.17) is 5.73 Å². The molecule has 0 aliphatic heterocycles. The number of nitrogen functional groups attached to an aromatic ring is 1. The van der Waals surface area contributed by atoms with Gasteiger partial charge in [-0.05, 0) is 17.7 Å². The lowest BCUT2D eigenvalue weighted by molar-refractivity contribution is 1.09. The molecule has 0 atom stereocenters. The summed E-state index contributed by atoms with van der Waals surface area (Å²) in [4.78, 5) is 0. The largest absolute Gasteiger partial charge is 0.399 e. The van der Waals surface area contributed by atoms with E-state index in [1.807, 2.05) is 44.3 Å². The molecule has 0 radical (unpaired) electrons. The fraction of sp³-hybridized carbons (Fsp3) is 0.182. The Labute approximate surface area is 84.0 Å². The lowest BCUT2D eigenvalue weighted by atomic mass is 10.1. The Hall–Kier alpha value is -1.77. The Kier molecular flexibility index (Phi) is 3.73. The standard InChI is InChI=1S/C9H9N3.C2H6/c10-9-3-1-2-7(4-9)8-5-11-12-6-8;1-2/h1-6H,10H2,(H,11,12);1-2H3. The van der Waals surface area contributed by atoms with Crippen molar-refractivity contribution in [3.8, 4) is 11.1 Å². The number of benzene rings is 1. The van der Waals surface area contributed by atoms with E-state index in [-0.39, 0.29) is 0 Å². The van der Waals surface area contributed by atoms with Gasteiger partial charge in [-0.1, -0.05) is 26.0 Å². The number of nitrogens with zero attached hydrogens (tertiary/aromatic N) is 1.